The molecular formula is C16H24N2. The normalized spacial score (nSPS) is 24.3. The van der Waals surface area contributed by atoms with Gasteiger partial charge in [0.05, 0.1) is 0 Å². The van der Waals surface area contributed by atoms with Crippen LogP contribution in [0.1, 0.15) is 44.6 Å². The van der Waals surface area contributed by atoms with E-state index in [1.807, 2.05) is 0 Å². The van der Waals surface area contributed by atoms with Gasteiger partial charge in [-0.3, -0.25) is 0 Å². The summed E-state index contributed by atoms with van der Waals surface area (Å²) in [5.41, 5.74) is 2.81. The van der Waals surface area contributed by atoms with E-state index in [0.29, 0.717) is 6.04 Å². The van der Waals surface area contributed by atoms with Crippen molar-refractivity contribution in [3.05, 3.63) is 29.8 Å². The van der Waals surface area contributed by atoms with Gasteiger partial charge in [-0.25, -0.2) is 0 Å². The number of rotatable bonds is 4. The number of benzene rings is 1. The van der Waals surface area contributed by atoms with Gasteiger partial charge in [0.2, 0.25) is 0 Å². The van der Waals surface area contributed by atoms with E-state index in [2.05, 4.69) is 41.4 Å². The monoisotopic (exact) mass is 244 g/mol. The van der Waals surface area contributed by atoms with Crippen LogP contribution in [0.3, 0.4) is 0 Å². The fourth-order valence-electron chi connectivity index (χ4n) is 2.84. The van der Waals surface area contributed by atoms with Crippen LogP contribution < -0.4 is 10.2 Å². The Labute approximate surface area is 110 Å². The fourth-order valence-corrected chi connectivity index (χ4v) is 2.84. The third kappa shape index (κ3) is 2.86. The Bertz CT molecular complexity index is 381. The molecule has 1 unspecified atom stereocenters. The van der Waals surface area contributed by atoms with Crippen LogP contribution in [0.15, 0.2) is 24.3 Å². The number of nitrogens with one attached hydrogen (secondary N) is 1. The van der Waals surface area contributed by atoms with E-state index in [9.17, 15) is 0 Å². The first kappa shape index (κ1) is 12.0. The van der Waals surface area contributed by atoms with Crippen LogP contribution in [0.5, 0.6) is 0 Å². The Morgan fingerprint density at radius 2 is 1.89 bits per heavy atom. The maximum atomic E-state index is 3.57. The third-order valence-electron chi connectivity index (χ3n) is 4.24. The molecule has 1 saturated carbocycles. The number of hydrogen-bond acceptors (Lipinski definition) is 2. The van der Waals surface area contributed by atoms with Crippen LogP contribution >= 0.6 is 0 Å². The fraction of sp³-hybridized carbons (Fsp3) is 0.625. The molecule has 1 aliphatic carbocycles. The number of anilines is 1. The van der Waals surface area contributed by atoms with Gasteiger partial charge in [0.15, 0.2) is 0 Å². The quantitative estimate of drug-likeness (QED) is 0.874. The molecule has 2 fully saturated rings. The van der Waals surface area contributed by atoms with E-state index in [1.165, 1.54) is 49.9 Å². The molecule has 1 saturated heterocycles. The van der Waals surface area contributed by atoms with Crippen LogP contribution in [0.4, 0.5) is 5.69 Å². The predicted octanol–water partition coefficient (Wildman–Crippen LogP) is 3.32. The molecule has 98 valence electrons. The molecule has 0 bridgehead atoms. The molecule has 2 heteroatoms. The van der Waals surface area contributed by atoms with Gasteiger partial charge in [0, 0.05) is 30.9 Å². The van der Waals surface area contributed by atoms with Crippen LogP contribution in [-0.2, 0) is 6.54 Å². The minimum Gasteiger partial charge on any atom is -0.369 e. The van der Waals surface area contributed by atoms with Crippen molar-refractivity contribution in [2.75, 3.05) is 11.4 Å². The lowest BCUT2D eigenvalue weighted by molar-refractivity contribution is 0.485. The van der Waals surface area contributed by atoms with Crippen molar-refractivity contribution in [2.45, 2.75) is 57.7 Å². The number of piperidine rings is 1. The summed E-state index contributed by atoms with van der Waals surface area (Å²) in [6.07, 6.45) is 6.80. The zero-order valence-electron chi connectivity index (χ0n) is 11.4. The number of nitrogens with zero attached hydrogens (tertiary/aromatic N) is 1. The Hall–Kier alpha value is -1.02. The summed E-state index contributed by atoms with van der Waals surface area (Å²) in [7, 11) is 0. The first-order chi connectivity index (χ1) is 8.83. The second kappa shape index (κ2) is 5.31. The van der Waals surface area contributed by atoms with Crippen LogP contribution in [0, 0.1) is 0 Å². The molecule has 1 aromatic carbocycles. The van der Waals surface area contributed by atoms with Crippen LogP contribution in [-0.4, -0.2) is 18.6 Å². The lowest BCUT2D eigenvalue weighted by atomic mass is 10.0. The van der Waals surface area contributed by atoms with Crippen molar-refractivity contribution in [2.24, 2.45) is 0 Å². The van der Waals surface area contributed by atoms with Gasteiger partial charge in [-0.05, 0) is 56.7 Å². The first-order valence-corrected chi connectivity index (χ1v) is 7.42. The van der Waals surface area contributed by atoms with Crippen molar-refractivity contribution >= 4 is 5.69 Å². The van der Waals surface area contributed by atoms with Gasteiger partial charge in [0.1, 0.15) is 0 Å². The highest BCUT2D eigenvalue weighted by Gasteiger charge is 2.20. The van der Waals surface area contributed by atoms with E-state index in [-0.39, 0.29) is 0 Å². The average molecular weight is 244 g/mol. The third-order valence-corrected chi connectivity index (χ3v) is 4.24. The molecule has 0 radical (unpaired) electrons. The van der Waals surface area contributed by atoms with Gasteiger partial charge in [0.25, 0.3) is 0 Å². The summed E-state index contributed by atoms with van der Waals surface area (Å²) in [6, 6.07) is 10.7. The van der Waals surface area contributed by atoms with Gasteiger partial charge in [-0.15, -0.1) is 0 Å². The van der Waals surface area contributed by atoms with Crippen molar-refractivity contribution in [3.8, 4) is 0 Å². The highest BCUT2D eigenvalue weighted by molar-refractivity contribution is 5.48. The van der Waals surface area contributed by atoms with E-state index in [4.69, 9.17) is 0 Å². The van der Waals surface area contributed by atoms with Crippen LogP contribution in [0.2, 0.25) is 0 Å². The minimum atomic E-state index is 0.703. The molecule has 0 aromatic heterocycles. The lowest BCUT2D eigenvalue weighted by Gasteiger charge is -2.35. The Morgan fingerprint density at radius 1 is 1.11 bits per heavy atom. The zero-order valence-corrected chi connectivity index (χ0v) is 11.4. The van der Waals surface area contributed by atoms with Crippen LogP contribution in [0.25, 0.3) is 0 Å². The van der Waals surface area contributed by atoms with Crippen molar-refractivity contribution in [1.29, 1.82) is 0 Å². The predicted molar refractivity (Wildman–Crippen MR) is 77.0 cm³/mol. The molecule has 0 amide bonds. The largest absolute Gasteiger partial charge is 0.369 e. The summed E-state index contributed by atoms with van der Waals surface area (Å²) in [6.45, 7) is 4.60. The van der Waals surface area contributed by atoms with Gasteiger partial charge in [-0.1, -0.05) is 12.1 Å². The summed E-state index contributed by atoms with van der Waals surface area (Å²) >= 11 is 0. The molecule has 2 nitrogen and oxygen atoms in total. The standard InChI is InChI=1S/C16H24N2/c1-13-4-2-3-11-18(13)16-9-5-14(6-10-16)12-17-15-7-8-15/h5-6,9-10,13,15,17H,2-4,7-8,11-12H2,1H3. The summed E-state index contributed by atoms with van der Waals surface area (Å²) in [5, 5.41) is 3.57. The minimum absolute atomic E-state index is 0.703. The molecule has 3 rings (SSSR count). The average Bonchev–Trinajstić information content (AvgIpc) is 3.22. The summed E-state index contributed by atoms with van der Waals surface area (Å²) < 4.78 is 0. The van der Waals surface area contributed by atoms with Crippen molar-refractivity contribution in [3.63, 3.8) is 0 Å². The highest BCUT2D eigenvalue weighted by Crippen LogP contribution is 2.25. The number of hydrogen-bond donors (Lipinski definition) is 1. The Kier molecular flexibility index (Phi) is 3.55. The van der Waals surface area contributed by atoms with Gasteiger partial charge in [-0.2, -0.15) is 0 Å². The Morgan fingerprint density at radius 3 is 2.56 bits per heavy atom. The maximum absolute atomic E-state index is 3.57. The molecule has 1 aliphatic heterocycles. The molecule has 1 atom stereocenters. The molecule has 18 heavy (non-hydrogen) atoms. The van der Waals surface area contributed by atoms with E-state index in [1.54, 1.807) is 0 Å². The highest BCUT2D eigenvalue weighted by atomic mass is 15.2. The second-order valence-corrected chi connectivity index (χ2v) is 5.86. The van der Waals surface area contributed by atoms with E-state index in [0.717, 1.165) is 12.6 Å². The van der Waals surface area contributed by atoms with Crippen molar-refractivity contribution in [1.82, 2.24) is 5.32 Å². The summed E-state index contributed by atoms with van der Waals surface area (Å²) in [4.78, 5) is 2.56. The molecule has 1 heterocycles. The van der Waals surface area contributed by atoms with E-state index < -0.39 is 0 Å². The maximum Gasteiger partial charge on any atom is 0.0368 e. The molecular weight excluding hydrogens is 220 g/mol. The SMILES string of the molecule is CC1CCCCN1c1ccc(CNC2CC2)cc1. The zero-order chi connectivity index (χ0) is 12.4. The topological polar surface area (TPSA) is 15.3 Å². The molecule has 2 aliphatic rings. The molecule has 0 spiro atoms. The Balaban J connectivity index is 1.61. The molecule has 1 aromatic rings. The summed E-state index contributed by atoms with van der Waals surface area (Å²) in [5.74, 6) is 0. The smallest absolute Gasteiger partial charge is 0.0368 e. The van der Waals surface area contributed by atoms with E-state index >= 15 is 0 Å². The first-order valence-electron chi connectivity index (χ1n) is 7.42. The van der Waals surface area contributed by atoms with Gasteiger partial charge < -0.3 is 10.2 Å². The lowest BCUT2D eigenvalue weighted by Crippen LogP contribution is -2.37. The van der Waals surface area contributed by atoms with Gasteiger partial charge >= 0.3 is 0 Å². The second-order valence-electron chi connectivity index (χ2n) is 5.86. The van der Waals surface area contributed by atoms with Crippen molar-refractivity contribution < 1.29 is 0 Å². The molecule has 1 N–H and O–H groups in total.